The number of nitrogens with zero attached hydrogens (tertiary/aromatic N) is 1. The smallest absolute Gasteiger partial charge is 0.161 e. The van der Waals surface area contributed by atoms with Gasteiger partial charge in [0.2, 0.25) is 0 Å². The third kappa shape index (κ3) is 1.99. The van der Waals surface area contributed by atoms with Gasteiger partial charge < -0.3 is 10.7 Å². The molecule has 1 aliphatic rings. The summed E-state index contributed by atoms with van der Waals surface area (Å²) in [7, 11) is 0. The first-order chi connectivity index (χ1) is 8.63. The molecular weight excluding hydrogens is 236 g/mol. The van der Waals surface area contributed by atoms with Gasteiger partial charge in [0.25, 0.3) is 0 Å². The second-order valence-electron chi connectivity index (χ2n) is 5.02. The molecule has 3 N–H and O–H groups in total. The van der Waals surface area contributed by atoms with Crippen LogP contribution in [0.5, 0.6) is 0 Å². The lowest BCUT2D eigenvalue weighted by Gasteiger charge is -2.24. The van der Waals surface area contributed by atoms with Crippen LogP contribution in [0.4, 0.5) is 8.78 Å². The molecule has 96 valence electrons. The Morgan fingerprint density at radius 1 is 1.11 bits per heavy atom. The molecule has 0 amide bonds. The highest BCUT2D eigenvalue weighted by Gasteiger charge is 2.22. The van der Waals surface area contributed by atoms with E-state index in [2.05, 4.69) is 9.97 Å². The largest absolute Gasteiger partial charge is 0.342 e. The van der Waals surface area contributed by atoms with Crippen LogP contribution in [0, 0.1) is 11.6 Å². The molecule has 18 heavy (non-hydrogen) atoms. The van der Waals surface area contributed by atoms with Crippen molar-refractivity contribution < 1.29 is 8.78 Å². The van der Waals surface area contributed by atoms with E-state index in [1.807, 2.05) is 0 Å². The number of imidazole rings is 1. The summed E-state index contributed by atoms with van der Waals surface area (Å²) in [5, 5.41) is 0. The average Bonchev–Trinajstić information content (AvgIpc) is 2.73. The van der Waals surface area contributed by atoms with E-state index in [4.69, 9.17) is 5.73 Å². The minimum atomic E-state index is -0.855. The van der Waals surface area contributed by atoms with Crippen LogP contribution in [-0.4, -0.2) is 16.0 Å². The standard InChI is InChI=1S/C13H15F2N3/c14-9-5-11-12(6-10(9)15)18-13(17-11)7-1-3-8(16)4-2-7/h5-8H,1-4,16H2,(H,17,18). The van der Waals surface area contributed by atoms with Crippen molar-refractivity contribution in [2.75, 3.05) is 0 Å². The summed E-state index contributed by atoms with van der Waals surface area (Å²) < 4.78 is 26.2. The fraction of sp³-hybridized carbons (Fsp3) is 0.462. The molecule has 0 radical (unpaired) electrons. The van der Waals surface area contributed by atoms with Crippen molar-refractivity contribution in [1.29, 1.82) is 0 Å². The zero-order chi connectivity index (χ0) is 12.7. The number of hydrogen-bond acceptors (Lipinski definition) is 2. The first-order valence-corrected chi connectivity index (χ1v) is 6.23. The van der Waals surface area contributed by atoms with Gasteiger partial charge in [-0.3, -0.25) is 0 Å². The summed E-state index contributed by atoms with van der Waals surface area (Å²) in [5.41, 5.74) is 6.90. The summed E-state index contributed by atoms with van der Waals surface area (Å²) in [6.45, 7) is 0. The number of benzene rings is 1. The Bertz CT molecular complexity index is 532. The average molecular weight is 251 g/mol. The third-order valence-corrected chi connectivity index (χ3v) is 3.70. The number of aromatic amines is 1. The second kappa shape index (κ2) is 4.31. The molecule has 0 spiro atoms. The molecule has 0 aliphatic heterocycles. The molecular formula is C13H15F2N3. The molecule has 0 saturated heterocycles. The lowest BCUT2D eigenvalue weighted by atomic mass is 9.86. The first kappa shape index (κ1) is 11.6. The van der Waals surface area contributed by atoms with Gasteiger partial charge in [-0.1, -0.05) is 0 Å². The lowest BCUT2D eigenvalue weighted by Crippen LogP contribution is -2.26. The Morgan fingerprint density at radius 3 is 2.50 bits per heavy atom. The minimum Gasteiger partial charge on any atom is -0.342 e. The zero-order valence-electron chi connectivity index (χ0n) is 9.92. The minimum absolute atomic E-state index is 0.278. The number of fused-ring (bicyclic) bond motifs is 1. The molecule has 2 aromatic rings. The summed E-state index contributed by atoms with van der Waals surface area (Å²) in [6, 6.07) is 2.58. The Morgan fingerprint density at radius 2 is 1.78 bits per heavy atom. The van der Waals surface area contributed by atoms with Crippen molar-refractivity contribution in [2.24, 2.45) is 5.73 Å². The number of halogens is 2. The van der Waals surface area contributed by atoms with Crippen molar-refractivity contribution >= 4 is 11.0 Å². The van der Waals surface area contributed by atoms with Gasteiger partial charge in [-0.05, 0) is 25.7 Å². The molecule has 1 heterocycles. The molecule has 1 saturated carbocycles. The highest BCUT2D eigenvalue weighted by atomic mass is 19.2. The Kier molecular flexibility index (Phi) is 2.78. The van der Waals surface area contributed by atoms with Gasteiger partial charge in [-0.2, -0.15) is 0 Å². The normalized spacial score (nSPS) is 24.6. The maximum Gasteiger partial charge on any atom is 0.161 e. The molecule has 0 atom stereocenters. The molecule has 3 nitrogen and oxygen atoms in total. The van der Waals surface area contributed by atoms with Gasteiger partial charge >= 0.3 is 0 Å². The third-order valence-electron chi connectivity index (χ3n) is 3.70. The highest BCUT2D eigenvalue weighted by molar-refractivity contribution is 5.75. The monoisotopic (exact) mass is 251 g/mol. The van der Waals surface area contributed by atoms with Gasteiger partial charge in [0.15, 0.2) is 11.6 Å². The fourth-order valence-corrected chi connectivity index (χ4v) is 2.61. The van der Waals surface area contributed by atoms with Crippen LogP contribution in [0.1, 0.15) is 37.4 Å². The van der Waals surface area contributed by atoms with Crippen LogP contribution < -0.4 is 5.73 Å². The summed E-state index contributed by atoms with van der Waals surface area (Å²) in [6.07, 6.45) is 3.91. The van der Waals surface area contributed by atoms with E-state index in [0.29, 0.717) is 17.0 Å². The van der Waals surface area contributed by atoms with Crippen LogP contribution in [0.15, 0.2) is 12.1 Å². The first-order valence-electron chi connectivity index (χ1n) is 6.23. The molecule has 5 heteroatoms. The van der Waals surface area contributed by atoms with E-state index in [9.17, 15) is 8.78 Å². The van der Waals surface area contributed by atoms with Crippen LogP contribution in [0.3, 0.4) is 0 Å². The maximum atomic E-state index is 13.1. The van der Waals surface area contributed by atoms with Crippen molar-refractivity contribution in [3.63, 3.8) is 0 Å². The number of aromatic nitrogens is 2. The van der Waals surface area contributed by atoms with E-state index < -0.39 is 11.6 Å². The highest BCUT2D eigenvalue weighted by Crippen LogP contribution is 2.31. The predicted molar refractivity (Wildman–Crippen MR) is 65.2 cm³/mol. The SMILES string of the molecule is NC1CCC(c2nc3cc(F)c(F)cc3[nH]2)CC1. The number of rotatable bonds is 1. The topological polar surface area (TPSA) is 54.7 Å². The Labute approximate surface area is 103 Å². The van der Waals surface area contributed by atoms with Gasteiger partial charge in [0, 0.05) is 24.1 Å². The number of nitrogens with two attached hydrogens (primary N) is 1. The van der Waals surface area contributed by atoms with E-state index in [1.54, 1.807) is 0 Å². The molecule has 1 aromatic heterocycles. The van der Waals surface area contributed by atoms with Crippen molar-refractivity contribution in [2.45, 2.75) is 37.6 Å². The predicted octanol–water partition coefficient (Wildman–Crippen LogP) is 2.83. The van der Waals surface area contributed by atoms with Gasteiger partial charge in [-0.25, -0.2) is 13.8 Å². The van der Waals surface area contributed by atoms with Crippen molar-refractivity contribution in [3.05, 3.63) is 29.6 Å². The van der Waals surface area contributed by atoms with Crippen LogP contribution in [0.25, 0.3) is 11.0 Å². The van der Waals surface area contributed by atoms with Crippen LogP contribution >= 0.6 is 0 Å². The quantitative estimate of drug-likeness (QED) is 0.818. The molecule has 0 bridgehead atoms. The molecule has 1 aliphatic carbocycles. The fourth-order valence-electron chi connectivity index (χ4n) is 2.61. The van der Waals surface area contributed by atoms with Gasteiger partial charge in [0.05, 0.1) is 11.0 Å². The molecule has 0 unspecified atom stereocenters. The van der Waals surface area contributed by atoms with E-state index in [1.165, 1.54) is 0 Å². The van der Waals surface area contributed by atoms with Crippen molar-refractivity contribution in [1.82, 2.24) is 9.97 Å². The molecule has 1 aromatic carbocycles. The lowest BCUT2D eigenvalue weighted by molar-refractivity contribution is 0.386. The molecule has 3 rings (SSSR count). The zero-order valence-corrected chi connectivity index (χ0v) is 9.92. The number of nitrogens with one attached hydrogen (secondary N) is 1. The van der Waals surface area contributed by atoms with E-state index in [0.717, 1.165) is 43.6 Å². The van der Waals surface area contributed by atoms with Crippen LogP contribution in [-0.2, 0) is 0 Å². The Hall–Kier alpha value is -1.49. The Balaban J connectivity index is 1.93. The second-order valence-corrected chi connectivity index (χ2v) is 5.02. The summed E-state index contributed by atoms with van der Waals surface area (Å²) in [5.74, 6) is -0.556. The summed E-state index contributed by atoms with van der Waals surface area (Å²) in [4.78, 5) is 7.45. The van der Waals surface area contributed by atoms with E-state index >= 15 is 0 Å². The van der Waals surface area contributed by atoms with Gasteiger partial charge in [-0.15, -0.1) is 0 Å². The molecule has 1 fully saturated rings. The number of hydrogen-bond donors (Lipinski definition) is 2. The van der Waals surface area contributed by atoms with Gasteiger partial charge in [0.1, 0.15) is 5.82 Å². The summed E-state index contributed by atoms with van der Waals surface area (Å²) >= 11 is 0. The van der Waals surface area contributed by atoms with E-state index in [-0.39, 0.29) is 6.04 Å². The number of H-pyrrole nitrogens is 1. The van der Waals surface area contributed by atoms with Crippen LogP contribution in [0.2, 0.25) is 0 Å². The van der Waals surface area contributed by atoms with Crippen molar-refractivity contribution in [3.8, 4) is 0 Å². The maximum absolute atomic E-state index is 13.1.